The average molecular weight is 254 g/mol. The largest absolute Gasteiger partial charge is 0.432 e. The molecule has 2 aromatic carbocycles. The Kier molecular flexibility index (Phi) is 5.42. The quantitative estimate of drug-likeness (QED) is 0.603. The summed E-state index contributed by atoms with van der Waals surface area (Å²) in [4.78, 5) is 0. The molecule has 0 spiro atoms. The zero-order valence-electron chi connectivity index (χ0n) is 9.28. The molecule has 0 aromatic heterocycles. The highest BCUT2D eigenvalue weighted by molar-refractivity contribution is 6.13. The van der Waals surface area contributed by atoms with Crippen LogP contribution in [0.25, 0.3) is 11.1 Å². The average Bonchev–Trinajstić information content (AvgIpc) is 2.38. The van der Waals surface area contributed by atoms with Gasteiger partial charge in [-0.2, -0.15) is 0 Å². The van der Waals surface area contributed by atoms with Crippen LogP contribution in [0.2, 0.25) is 0 Å². The summed E-state index contributed by atoms with van der Waals surface area (Å²) >= 11 is 0. The van der Waals surface area contributed by atoms with Gasteiger partial charge >= 0.3 is 7.69 Å². The molecular formula is C12H10BF3O2. The number of rotatable bonds is 1. The number of benzene rings is 2. The van der Waals surface area contributed by atoms with E-state index in [0.29, 0.717) is 5.56 Å². The van der Waals surface area contributed by atoms with Crippen molar-refractivity contribution in [2.75, 3.05) is 0 Å². The third-order valence-corrected chi connectivity index (χ3v) is 2.12. The molecule has 2 aromatic rings. The molecule has 0 saturated heterocycles. The Morgan fingerprint density at radius 1 is 0.778 bits per heavy atom. The molecule has 18 heavy (non-hydrogen) atoms. The molecule has 2 rings (SSSR count). The van der Waals surface area contributed by atoms with Crippen molar-refractivity contribution in [1.82, 2.24) is 0 Å². The number of hydrogen-bond donors (Lipinski definition) is 2. The molecule has 0 radical (unpaired) electrons. The van der Waals surface area contributed by atoms with Gasteiger partial charge in [0.05, 0.1) is 0 Å². The Labute approximate surface area is 103 Å². The second-order valence-electron chi connectivity index (χ2n) is 3.23. The van der Waals surface area contributed by atoms with Crippen molar-refractivity contribution in [3.05, 3.63) is 59.9 Å². The zero-order chi connectivity index (χ0) is 13.5. The first-order valence-electron chi connectivity index (χ1n) is 5.02. The Balaban J connectivity index is 0.000000492. The molecule has 0 saturated carbocycles. The summed E-state index contributed by atoms with van der Waals surface area (Å²) in [5, 5.41) is 14.2. The molecule has 94 valence electrons. The van der Waals surface area contributed by atoms with Crippen molar-refractivity contribution in [2.45, 2.75) is 0 Å². The van der Waals surface area contributed by atoms with Gasteiger partial charge in [-0.3, -0.25) is 0 Å². The molecule has 2 nitrogen and oxygen atoms in total. The molecule has 2 N–H and O–H groups in total. The van der Waals surface area contributed by atoms with Gasteiger partial charge in [-0.25, -0.2) is 13.2 Å². The summed E-state index contributed by atoms with van der Waals surface area (Å²) < 4.78 is 38.9. The molecular weight excluding hydrogens is 244 g/mol. The Bertz CT molecular complexity index is 506. The summed E-state index contributed by atoms with van der Waals surface area (Å²) in [6.45, 7) is 0. The van der Waals surface area contributed by atoms with E-state index in [1.165, 1.54) is 6.07 Å². The van der Waals surface area contributed by atoms with E-state index in [4.69, 9.17) is 10.0 Å². The van der Waals surface area contributed by atoms with Gasteiger partial charge in [0.25, 0.3) is 0 Å². The van der Waals surface area contributed by atoms with Gasteiger partial charge in [0, 0.05) is 5.56 Å². The van der Waals surface area contributed by atoms with Crippen LogP contribution in [0, 0.1) is 17.5 Å². The lowest BCUT2D eigenvalue weighted by molar-refractivity contribution is 0.448. The Morgan fingerprint density at radius 3 is 1.89 bits per heavy atom. The maximum absolute atomic E-state index is 13.3. The predicted molar refractivity (Wildman–Crippen MR) is 63.3 cm³/mol. The molecule has 0 heterocycles. The third-order valence-electron chi connectivity index (χ3n) is 2.12. The van der Waals surface area contributed by atoms with Gasteiger partial charge in [-0.1, -0.05) is 30.3 Å². The minimum absolute atomic E-state index is 0.0644. The second kappa shape index (κ2) is 6.83. The first-order chi connectivity index (χ1) is 8.61. The lowest BCUT2D eigenvalue weighted by atomic mass is 10.1. The molecule has 0 aliphatic carbocycles. The van der Waals surface area contributed by atoms with Crippen LogP contribution in [0.15, 0.2) is 42.5 Å². The normalized spacial score (nSPS) is 9.39. The van der Waals surface area contributed by atoms with Crippen molar-refractivity contribution in [3.8, 4) is 11.1 Å². The standard InChI is InChI=1S/C12H7F3.BH3O2/c13-10-7-6-9(11(14)12(10)15)8-4-2-1-3-5-8;2-1-3/h1-7H;1-3H. The fourth-order valence-electron chi connectivity index (χ4n) is 1.37. The van der Waals surface area contributed by atoms with E-state index < -0.39 is 25.1 Å². The van der Waals surface area contributed by atoms with Gasteiger partial charge in [0.1, 0.15) is 0 Å². The molecule has 0 aliphatic rings. The SMILES string of the molecule is Fc1ccc(-c2ccccc2)c(F)c1F.OBO. The lowest BCUT2D eigenvalue weighted by Crippen LogP contribution is -1.93. The van der Waals surface area contributed by atoms with Crippen LogP contribution in [0.5, 0.6) is 0 Å². The first kappa shape index (κ1) is 14.3. The van der Waals surface area contributed by atoms with Gasteiger partial charge in [0.2, 0.25) is 0 Å². The maximum Gasteiger partial charge on any atom is 0.432 e. The van der Waals surface area contributed by atoms with Gasteiger partial charge in [-0.05, 0) is 17.7 Å². The highest BCUT2D eigenvalue weighted by Crippen LogP contribution is 2.25. The monoisotopic (exact) mass is 254 g/mol. The van der Waals surface area contributed by atoms with Crippen molar-refractivity contribution >= 4 is 7.69 Å². The molecule has 0 aliphatic heterocycles. The van der Waals surface area contributed by atoms with Crippen LogP contribution in [-0.2, 0) is 0 Å². The van der Waals surface area contributed by atoms with Gasteiger partial charge in [0.15, 0.2) is 17.5 Å². The second-order valence-corrected chi connectivity index (χ2v) is 3.23. The van der Waals surface area contributed by atoms with Crippen molar-refractivity contribution in [2.24, 2.45) is 0 Å². The van der Waals surface area contributed by atoms with Crippen molar-refractivity contribution in [3.63, 3.8) is 0 Å². The van der Waals surface area contributed by atoms with Gasteiger partial charge < -0.3 is 10.0 Å². The molecule has 6 heteroatoms. The number of hydrogen-bond acceptors (Lipinski definition) is 2. The third kappa shape index (κ3) is 3.35. The van der Waals surface area contributed by atoms with E-state index >= 15 is 0 Å². The smallest absolute Gasteiger partial charge is 0.430 e. The van der Waals surface area contributed by atoms with E-state index in [0.717, 1.165) is 6.07 Å². The number of halogens is 3. The summed E-state index contributed by atoms with van der Waals surface area (Å²) in [6.07, 6.45) is 0. The van der Waals surface area contributed by atoms with E-state index in [1.807, 2.05) is 0 Å². The molecule has 0 bridgehead atoms. The van der Waals surface area contributed by atoms with E-state index in [9.17, 15) is 13.2 Å². The minimum Gasteiger partial charge on any atom is -0.430 e. The summed E-state index contributed by atoms with van der Waals surface area (Å²) in [5.74, 6) is -3.76. The summed E-state index contributed by atoms with van der Waals surface area (Å²) in [7, 11) is -0.750. The lowest BCUT2D eigenvalue weighted by Gasteiger charge is -2.04. The van der Waals surface area contributed by atoms with Crippen LogP contribution in [0.1, 0.15) is 0 Å². The Morgan fingerprint density at radius 2 is 1.33 bits per heavy atom. The first-order valence-corrected chi connectivity index (χ1v) is 5.02. The van der Waals surface area contributed by atoms with E-state index in [1.54, 1.807) is 30.3 Å². The van der Waals surface area contributed by atoms with Crippen LogP contribution in [0.4, 0.5) is 13.2 Å². The molecule has 0 fully saturated rings. The fraction of sp³-hybridized carbons (Fsp3) is 0. The van der Waals surface area contributed by atoms with E-state index in [-0.39, 0.29) is 5.56 Å². The summed E-state index contributed by atoms with van der Waals surface area (Å²) in [5.41, 5.74) is 0.586. The van der Waals surface area contributed by atoms with Crippen molar-refractivity contribution in [1.29, 1.82) is 0 Å². The minimum atomic E-state index is -1.43. The van der Waals surface area contributed by atoms with E-state index in [2.05, 4.69) is 0 Å². The zero-order valence-corrected chi connectivity index (χ0v) is 9.28. The molecule has 0 unspecified atom stereocenters. The van der Waals surface area contributed by atoms with Gasteiger partial charge in [-0.15, -0.1) is 0 Å². The van der Waals surface area contributed by atoms with Crippen molar-refractivity contribution < 1.29 is 23.2 Å². The van der Waals surface area contributed by atoms with Crippen LogP contribution in [-0.4, -0.2) is 17.7 Å². The topological polar surface area (TPSA) is 40.5 Å². The van der Waals surface area contributed by atoms with Crippen LogP contribution < -0.4 is 0 Å². The fourth-order valence-corrected chi connectivity index (χ4v) is 1.37. The molecule has 0 atom stereocenters. The highest BCUT2D eigenvalue weighted by Gasteiger charge is 2.13. The molecule has 0 amide bonds. The van der Waals surface area contributed by atoms with Crippen LogP contribution in [0.3, 0.4) is 0 Å². The Hall–Kier alpha value is -1.79. The van der Waals surface area contributed by atoms with Crippen LogP contribution >= 0.6 is 0 Å². The summed E-state index contributed by atoms with van der Waals surface area (Å²) in [6, 6.07) is 10.6. The predicted octanol–water partition coefficient (Wildman–Crippen LogP) is 2.01. The highest BCUT2D eigenvalue weighted by atomic mass is 19.2. The maximum atomic E-state index is 13.3.